The van der Waals surface area contributed by atoms with Gasteiger partial charge in [0.2, 0.25) is 0 Å². The van der Waals surface area contributed by atoms with Gasteiger partial charge in [0.1, 0.15) is 5.58 Å². The molecule has 1 N–H and O–H groups in total. The molecule has 3 rings (SSSR count). The number of unbranched alkanes of at least 4 members (excludes halogenated alkanes) is 1. The fourth-order valence-corrected chi connectivity index (χ4v) is 3.43. The summed E-state index contributed by atoms with van der Waals surface area (Å²) in [6.45, 7) is 5.26. The molecule has 4 nitrogen and oxygen atoms in total. The molecule has 0 fully saturated rings. The molecular formula is C19H26N2O2. The van der Waals surface area contributed by atoms with Gasteiger partial charge in [-0.25, -0.2) is 4.79 Å². The molecule has 0 amide bonds. The SMILES string of the molecule is CCCCN1CCCc2cc3c(CCNC)cc(=O)oc3cc21. The molecule has 124 valence electrons. The maximum Gasteiger partial charge on any atom is 0.336 e. The Labute approximate surface area is 137 Å². The lowest BCUT2D eigenvalue weighted by Crippen LogP contribution is -2.30. The van der Waals surface area contributed by atoms with E-state index in [0.717, 1.165) is 49.0 Å². The van der Waals surface area contributed by atoms with Crippen molar-refractivity contribution in [2.24, 2.45) is 0 Å². The number of benzene rings is 1. The van der Waals surface area contributed by atoms with Crippen molar-refractivity contribution >= 4 is 16.7 Å². The van der Waals surface area contributed by atoms with E-state index in [1.807, 2.05) is 7.05 Å². The lowest BCUT2D eigenvalue weighted by molar-refractivity contribution is 0.557. The van der Waals surface area contributed by atoms with E-state index in [1.54, 1.807) is 6.07 Å². The number of rotatable bonds is 6. The van der Waals surface area contributed by atoms with Crippen molar-refractivity contribution in [1.29, 1.82) is 0 Å². The molecule has 0 saturated carbocycles. The number of aryl methyl sites for hydroxylation is 1. The summed E-state index contributed by atoms with van der Waals surface area (Å²) >= 11 is 0. The summed E-state index contributed by atoms with van der Waals surface area (Å²) in [6.07, 6.45) is 5.55. The van der Waals surface area contributed by atoms with Crippen molar-refractivity contribution in [3.05, 3.63) is 39.7 Å². The maximum atomic E-state index is 11.9. The molecular weight excluding hydrogens is 288 g/mol. The smallest absolute Gasteiger partial charge is 0.336 e. The van der Waals surface area contributed by atoms with Crippen LogP contribution in [0.5, 0.6) is 0 Å². The van der Waals surface area contributed by atoms with Gasteiger partial charge in [-0.1, -0.05) is 13.3 Å². The molecule has 0 spiro atoms. The number of hydrogen-bond acceptors (Lipinski definition) is 4. The topological polar surface area (TPSA) is 45.5 Å². The minimum Gasteiger partial charge on any atom is -0.423 e. The summed E-state index contributed by atoms with van der Waals surface area (Å²) in [4.78, 5) is 14.3. The Kier molecular flexibility index (Phi) is 5.01. The molecule has 1 aliphatic heterocycles. The first-order valence-corrected chi connectivity index (χ1v) is 8.72. The number of likely N-dealkylation sites (N-methyl/N-ethyl adjacent to an activating group) is 1. The van der Waals surface area contributed by atoms with Crippen LogP contribution in [-0.4, -0.2) is 26.7 Å². The van der Waals surface area contributed by atoms with E-state index in [9.17, 15) is 4.79 Å². The predicted octanol–water partition coefficient (Wildman–Crippen LogP) is 3.11. The fourth-order valence-electron chi connectivity index (χ4n) is 3.43. The molecule has 0 saturated heterocycles. The zero-order chi connectivity index (χ0) is 16.2. The normalized spacial score (nSPS) is 14.3. The van der Waals surface area contributed by atoms with Crippen LogP contribution < -0.4 is 15.8 Å². The molecule has 1 aromatic heterocycles. The van der Waals surface area contributed by atoms with Gasteiger partial charge in [-0.15, -0.1) is 0 Å². The van der Waals surface area contributed by atoms with E-state index >= 15 is 0 Å². The molecule has 2 aromatic rings. The van der Waals surface area contributed by atoms with E-state index < -0.39 is 0 Å². The number of anilines is 1. The van der Waals surface area contributed by atoms with Crippen molar-refractivity contribution < 1.29 is 4.42 Å². The van der Waals surface area contributed by atoms with Crippen LogP contribution in [0.1, 0.15) is 37.3 Å². The molecule has 0 radical (unpaired) electrons. The second-order valence-corrected chi connectivity index (χ2v) is 6.37. The van der Waals surface area contributed by atoms with Gasteiger partial charge in [0.25, 0.3) is 0 Å². The van der Waals surface area contributed by atoms with Crippen LogP contribution in [0.15, 0.2) is 27.4 Å². The van der Waals surface area contributed by atoms with Crippen molar-refractivity contribution in [2.45, 2.75) is 39.0 Å². The van der Waals surface area contributed by atoms with Gasteiger partial charge >= 0.3 is 5.63 Å². The third kappa shape index (κ3) is 3.42. The van der Waals surface area contributed by atoms with Crippen LogP contribution in [0, 0.1) is 0 Å². The Balaban J connectivity index is 2.06. The second kappa shape index (κ2) is 7.18. The average Bonchev–Trinajstić information content (AvgIpc) is 2.56. The molecule has 4 heteroatoms. The van der Waals surface area contributed by atoms with Crippen molar-refractivity contribution in [2.75, 3.05) is 31.6 Å². The van der Waals surface area contributed by atoms with E-state index in [1.165, 1.54) is 30.5 Å². The first-order chi connectivity index (χ1) is 11.2. The predicted molar refractivity (Wildman–Crippen MR) is 95.6 cm³/mol. The summed E-state index contributed by atoms with van der Waals surface area (Å²) in [7, 11) is 1.93. The minimum absolute atomic E-state index is 0.250. The Morgan fingerprint density at radius 1 is 1.30 bits per heavy atom. The van der Waals surface area contributed by atoms with Crippen LogP contribution in [0.2, 0.25) is 0 Å². The van der Waals surface area contributed by atoms with Crippen LogP contribution in [0.3, 0.4) is 0 Å². The Morgan fingerprint density at radius 2 is 2.17 bits per heavy atom. The number of nitrogens with one attached hydrogen (secondary N) is 1. The molecule has 0 aliphatic carbocycles. The van der Waals surface area contributed by atoms with Crippen LogP contribution >= 0.6 is 0 Å². The van der Waals surface area contributed by atoms with Gasteiger partial charge < -0.3 is 14.6 Å². The molecule has 1 aromatic carbocycles. The van der Waals surface area contributed by atoms with Gasteiger partial charge in [-0.2, -0.15) is 0 Å². The minimum atomic E-state index is -0.250. The Morgan fingerprint density at radius 3 is 2.96 bits per heavy atom. The summed E-state index contributed by atoms with van der Waals surface area (Å²) in [6, 6.07) is 5.98. The Bertz CT molecular complexity index is 736. The number of fused-ring (bicyclic) bond motifs is 2. The highest BCUT2D eigenvalue weighted by molar-refractivity contribution is 5.86. The van der Waals surface area contributed by atoms with Crippen LogP contribution in [0.25, 0.3) is 11.0 Å². The largest absolute Gasteiger partial charge is 0.423 e. The molecule has 0 atom stereocenters. The summed E-state index contributed by atoms with van der Waals surface area (Å²) in [5.41, 5.74) is 4.20. The van der Waals surface area contributed by atoms with E-state index in [2.05, 4.69) is 29.3 Å². The number of hydrogen-bond donors (Lipinski definition) is 1. The van der Waals surface area contributed by atoms with Crippen molar-refractivity contribution in [1.82, 2.24) is 5.32 Å². The van der Waals surface area contributed by atoms with Gasteiger partial charge in [0, 0.05) is 36.3 Å². The lowest BCUT2D eigenvalue weighted by atomic mass is 9.97. The Hall–Kier alpha value is -1.81. The summed E-state index contributed by atoms with van der Waals surface area (Å²) < 4.78 is 5.50. The molecule has 0 bridgehead atoms. The zero-order valence-corrected chi connectivity index (χ0v) is 14.2. The second-order valence-electron chi connectivity index (χ2n) is 6.37. The van der Waals surface area contributed by atoms with E-state index in [0.29, 0.717) is 0 Å². The average molecular weight is 314 g/mol. The van der Waals surface area contributed by atoms with Crippen LogP contribution in [-0.2, 0) is 12.8 Å². The molecule has 1 aliphatic rings. The van der Waals surface area contributed by atoms with E-state index in [-0.39, 0.29) is 5.63 Å². The zero-order valence-electron chi connectivity index (χ0n) is 14.2. The van der Waals surface area contributed by atoms with E-state index in [4.69, 9.17) is 4.42 Å². The van der Waals surface area contributed by atoms with Crippen LogP contribution in [0.4, 0.5) is 5.69 Å². The number of nitrogens with zero attached hydrogens (tertiary/aromatic N) is 1. The first kappa shape index (κ1) is 16.1. The third-order valence-corrected chi connectivity index (χ3v) is 4.67. The molecule has 23 heavy (non-hydrogen) atoms. The maximum absolute atomic E-state index is 11.9. The summed E-state index contributed by atoms with van der Waals surface area (Å²) in [5.74, 6) is 0. The van der Waals surface area contributed by atoms with Gasteiger partial charge in [0.15, 0.2) is 0 Å². The highest BCUT2D eigenvalue weighted by atomic mass is 16.4. The van der Waals surface area contributed by atoms with Gasteiger partial charge in [-0.3, -0.25) is 0 Å². The van der Waals surface area contributed by atoms with Crippen molar-refractivity contribution in [3.63, 3.8) is 0 Å². The first-order valence-electron chi connectivity index (χ1n) is 8.72. The van der Waals surface area contributed by atoms with Gasteiger partial charge in [0.05, 0.1) is 0 Å². The van der Waals surface area contributed by atoms with Gasteiger partial charge in [-0.05, 0) is 56.5 Å². The third-order valence-electron chi connectivity index (χ3n) is 4.67. The highest BCUT2D eigenvalue weighted by Gasteiger charge is 2.19. The highest BCUT2D eigenvalue weighted by Crippen LogP contribution is 2.32. The lowest BCUT2D eigenvalue weighted by Gasteiger charge is -2.31. The molecule has 2 heterocycles. The van der Waals surface area contributed by atoms with Crippen molar-refractivity contribution in [3.8, 4) is 0 Å². The summed E-state index contributed by atoms with van der Waals surface area (Å²) in [5, 5.41) is 4.25. The fraction of sp³-hybridized carbons (Fsp3) is 0.526. The molecule has 0 unspecified atom stereocenters. The quantitative estimate of drug-likeness (QED) is 0.832. The monoisotopic (exact) mass is 314 g/mol. The standard InChI is InChI=1S/C19H26N2O2/c1-3-4-9-21-10-5-6-15-11-16-14(7-8-20-2)12-19(22)23-18(16)13-17(15)21/h11-13,20H,3-10H2,1-2H3.